The largest absolute Gasteiger partial charge is 0.507 e. The van der Waals surface area contributed by atoms with Gasteiger partial charge in [-0.15, -0.1) is 10.2 Å². The van der Waals surface area contributed by atoms with Gasteiger partial charge in [-0.2, -0.15) is 0 Å². The van der Waals surface area contributed by atoms with Crippen molar-refractivity contribution in [2.24, 2.45) is 10.2 Å². The van der Waals surface area contributed by atoms with Gasteiger partial charge in [-0.05, 0) is 24.3 Å². The topological polar surface area (TPSA) is 54.2 Å². The van der Waals surface area contributed by atoms with Crippen LogP contribution in [0.2, 0.25) is 0 Å². The number of rotatable bonds is 6. The van der Waals surface area contributed by atoms with E-state index in [1.54, 1.807) is 12.1 Å². The maximum absolute atomic E-state index is 9.99. The first-order valence-corrected chi connectivity index (χ1v) is 8.59. The van der Waals surface area contributed by atoms with Gasteiger partial charge in [0.05, 0.1) is 26.8 Å². The first-order chi connectivity index (χ1) is 12.4. The van der Waals surface area contributed by atoms with Gasteiger partial charge in [-0.1, -0.05) is 36.4 Å². The van der Waals surface area contributed by atoms with Crippen LogP contribution in [-0.2, 0) is 0 Å². The van der Waals surface area contributed by atoms with E-state index in [4.69, 9.17) is 4.74 Å². The van der Waals surface area contributed by atoms with Crippen LogP contribution in [-0.4, -0.2) is 43.9 Å². The molecule has 3 aromatic rings. The quantitative estimate of drug-likeness (QED) is 0.500. The standard InChI is InChI=1S/C21H23N3O2/c1-24(2,3)14-15-26-21-11-7-6-10-19(21)23-22-18-12-13-20(25)17-9-5-4-8-16(17)18/h4-13H,14-15H2,1-3H3/p+1. The maximum Gasteiger partial charge on any atom is 0.147 e. The first kappa shape index (κ1) is 17.9. The summed E-state index contributed by atoms with van der Waals surface area (Å²) in [6.45, 7) is 1.51. The molecule has 0 unspecified atom stereocenters. The Kier molecular flexibility index (Phi) is 5.19. The van der Waals surface area contributed by atoms with Crippen LogP contribution in [0, 0.1) is 0 Å². The fraction of sp³-hybridized carbons (Fsp3) is 0.238. The minimum atomic E-state index is 0.239. The summed E-state index contributed by atoms with van der Waals surface area (Å²) >= 11 is 0. The fourth-order valence-corrected chi connectivity index (χ4v) is 2.55. The van der Waals surface area contributed by atoms with Crippen LogP contribution < -0.4 is 4.74 Å². The number of phenols is 1. The van der Waals surface area contributed by atoms with Gasteiger partial charge in [0.1, 0.15) is 30.3 Å². The SMILES string of the molecule is C[N+](C)(C)CCOc1ccccc1N=Nc1ccc(O)c2ccccc12. The molecule has 0 atom stereocenters. The number of likely N-dealkylation sites (N-methyl/N-ethyl adjacent to an activating group) is 1. The third-order valence-corrected chi connectivity index (χ3v) is 4.03. The molecule has 0 amide bonds. The lowest BCUT2D eigenvalue weighted by Gasteiger charge is -2.23. The van der Waals surface area contributed by atoms with Crippen molar-refractivity contribution in [1.29, 1.82) is 0 Å². The molecule has 0 fully saturated rings. The zero-order valence-electron chi connectivity index (χ0n) is 15.4. The van der Waals surface area contributed by atoms with Crippen LogP contribution in [0.1, 0.15) is 0 Å². The average molecular weight is 350 g/mol. The summed E-state index contributed by atoms with van der Waals surface area (Å²) in [6, 6.07) is 18.6. The van der Waals surface area contributed by atoms with E-state index in [0.717, 1.165) is 21.8 Å². The summed E-state index contributed by atoms with van der Waals surface area (Å²) in [5, 5.41) is 20.4. The molecule has 0 heterocycles. The van der Waals surface area contributed by atoms with Crippen molar-refractivity contribution < 1.29 is 14.3 Å². The molecule has 0 aliphatic carbocycles. The number of hydrogen-bond donors (Lipinski definition) is 1. The van der Waals surface area contributed by atoms with Crippen molar-refractivity contribution in [2.75, 3.05) is 34.3 Å². The highest BCUT2D eigenvalue weighted by molar-refractivity contribution is 5.96. The molecule has 0 aliphatic heterocycles. The number of para-hydroxylation sites is 1. The van der Waals surface area contributed by atoms with Gasteiger partial charge in [-0.3, -0.25) is 0 Å². The van der Waals surface area contributed by atoms with E-state index < -0.39 is 0 Å². The Morgan fingerprint density at radius 2 is 1.46 bits per heavy atom. The predicted molar refractivity (Wildman–Crippen MR) is 105 cm³/mol. The number of benzene rings is 3. The summed E-state index contributed by atoms with van der Waals surface area (Å²) in [4.78, 5) is 0. The second-order valence-corrected chi connectivity index (χ2v) is 7.18. The third-order valence-electron chi connectivity index (χ3n) is 4.03. The Hall–Kier alpha value is -2.92. The molecule has 3 rings (SSSR count). The lowest BCUT2D eigenvalue weighted by atomic mass is 10.1. The smallest absolute Gasteiger partial charge is 0.147 e. The van der Waals surface area contributed by atoms with Crippen LogP contribution in [0.3, 0.4) is 0 Å². The van der Waals surface area contributed by atoms with Gasteiger partial charge < -0.3 is 14.3 Å². The Balaban J connectivity index is 1.85. The van der Waals surface area contributed by atoms with Crippen LogP contribution in [0.25, 0.3) is 10.8 Å². The van der Waals surface area contributed by atoms with Gasteiger partial charge in [0, 0.05) is 10.8 Å². The normalized spacial score (nSPS) is 12.0. The molecule has 26 heavy (non-hydrogen) atoms. The molecule has 0 saturated carbocycles. The Labute approximate surface area is 153 Å². The molecular weight excluding hydrogens is 326 g/mol. The lowest BCUT2D eigenvalue weighted by Crippen LogP contribution is -2.38. The molecule has 5 nitrogen and oxygen atoms in total. The van der Waals surface area contributed by atoms with Crippen molar-refractivity contribution in [1.82, 2.24) is 0 Å². The lowest BCUT2D eigenvalue weighted by molar-refractivity contribution is -0.870. The molecule has 134 valence electrons. The van der Waals surface area contributed by atoms with Gasteiger partial charge in [0.15, 0.2) is 0 Å². The number of nitrogens with zero attached hydrogens (tertiary/aromatic N) is 3. The van der Waals surface area contributed by atoms with Crippen LogP contribution >= 0.6 is 0 Å². The molecule has 1 N–H and O–H groups in total. The average Bonchev–Trinajstić information content (AvgIpc) is 2.61. The molecule has 0 aromatic heterocycles. The van der Waals surface area contributed by atoms with E-state index in [2.05, 4.69) is 31.4 Å². The van der Waals surface area contributed by atoms with Gasteiger partial charge in [-0.25, -0.2) is 0 Å². The van der Waals surface area contributed by atoms with Crippen molar-refractivity contribution in [3.63, 3.8) is 0 Å². The number of aromatic hydroxyl groups is 1. The highest BCUT2D eigenvalue weighted by Crippen LogP contribution is 2.34. The van der Waals surface area contributed by atoms with Gasteiger partial charge >= 0.3 is 0 Å². The number of hydrogen-bond acceptors (Lipinski definition) is 4. The molecule has 3 aromatic carbocycles. The molecule has 0 aliphatic rings. The van der Waals surface area contributed by atoms with Crippen LogP contribution in [0.15, 0.2) is 70.9 Å². The highest BCUT2D eigenvalue weighted by atomic mass is 16.5. The van der Waals surface area contributed by atoms with E-state index in [9.17, 15) is 5.11 Å². The van der Waals surface area contributed by atoms with Crippen LogP contribution in [0.5, 0.6) is 11.5 Å². The molecular formula is C21H24N3O2+. The van der Waals surface area contributed by atoms with Gasteiger partial charge in [0.25, 0.3) is 0 Å². The van der Waals surface area contributed by atoms with E-state index in [1.807, 2.05) is 48.5 Å². The van der Waals surface area contributed by atoms with Crippen molar-refractivity contribution in [3.05, 3.63) is 60.7 Å². The third kappa shape index (κ3) is 4.37. The van der Waals surface area contributed by atoms with Crippen molar-refractivity contribution >= 4 is 22.1 Å². The second-order valence-electron chi connectivity index (χ2n) is 7.18. The number of ether oxygens (including phenoxy) is 1. The van der Waals surface area contributed by atoms with Crippen molar-refractivity contribution in [2.45, 2.75) is 0 Å². The van der Waals surface area contributed by atoms with Crippen LogP contribution in [0.4, 0.5) is 11.4 Å². The molecule has 5 heteroatoms. The van der Waals surface area contributed by atoms with Crippen molar-refractivity contribution in [3.8, 4) is 11.5 Å². The maximum atomic E-state index is 9.99. The molecule has 0 radical (unpaired) electrons. The number of azo groups is 1. The number of quaternary nitrogens is 1. The summed E-state index contributed by atoms with van der Waals surface area (Å²) in [5.74, 6) is 0.955. The van der Waals surface area contributed by atoms with E-state index in [-0.39, 0.29) is 5.75 Å². The molecule has 0 spiro atoms. The fourth-order valence-electron chi connectivity index (χ4n) is 2.55. The summed E-state index contributed by atoms with van der Waals surface area (Å²) in [6.07, 6.45) is 0. The second kappa shape index (κ2) is 7.54. The van der Waals surface area contributed by atoms with E-state index in [1.165, 1.54) is 0 Å². The van der Waals surface area contributed by atoms with Gasteiger partial charge in [0.2, 0.25) is 0 Å². The Bertz CT molecular complexity index is 930. The zero-order chi connectivity index (χ0) is 18.6. The molecule has 0 saturated heterocycles. The van der Waals surface area contributed by atoms with E-state index in [0.29, 0.717) is 23.7 Å². The highest BCUT2D eigenvalue weighted by Gasteiger charge is 2.09. The number of phenolic OH excluding ortho intramolecular Hbond substituents is 1. The Morgan fingerprint density at radius 1 is 0.808 bits per heavy atom. The summed E-state index contributed by atoms with van der Waals surface area (Å²) < 4.78 is 6.74. The Morgan fingerprint density at radius 3 is 2.23 bits per heavy atom. The first-order valence-electron chi connectivity index (χ1n) is 8.59. The monoisotopic (exact) mass is 350 g/mol. The zero-order valence-corrected chi connectivity index (χ0v) is 15.4. The minimum absolute atomic E-state index is 0.239. The molecule has 0 bridgehead atoms. The minimum Gasteiger partial charge on any atom is -0.507 e. The number of fused-ring (bicyclic) bond motifs is 1. The predicted octanol–water partition coefficient (Wildman–Crippen LogP) is 5.05. The summed E-state index contributed by atoms with van der Waals surface area (Å²) in [7, 11) is 6.39. The van der Waals surface area contributed by atoms with E-state index >= 15 is 0 Å². The summed E-state index contributed by atoms with van der Waals surface area (Å²) in [5.41, 5.74) is 1.39.